The molecule has 0 unspecified atom stereocenters. The van der Waals surface area contributed by atoms with Crippen LogP contribution in [0.25, 0.3) is 65.3 Å². The number of anilines is 4. The van der Waals surface area contributed by atoms with Gasteiger partial charge in [0, 0.05) is 34.1 Å². The summed E-state index contributed by atoms with van der Waals surface area (Å²) in [6.45, 7) is 13.7. The molecule has 0 saturated heterocycles. The largest absolute Gasteiger partial charge is 0.311 e. The third-order valence-electron chi connectivity index (χ3n) is 14.2. The summed E-state index contributed by atoms with van der Waals surface area (Å²) >= 11 is 0. The van der Waals surface area contributed by atoms with Crippen LogP contribution in [0.3, 0.4) is 0 Å². The van der Waals surface area contributed by atoms with Crippen molar-refractivity contribution >= 4 is 65.8 Å². The molecule has 0 spiro atoms. The standard InChI is InChI=1S/C66H60N2/c1-65(2,3)47-31-35-51(36-32-47)67(49-23-9-7-10-24-49)53-39-41-59-61(43-53)63(57-29-17-21-45-19-13-15-27-55(45)57)60-42-40-54(44-62(60)64(59)58-30-18-22-46-20-14-16-28-56(46)58)68(50-25-11-8-12-26-50)52-37-33-48(34-38-52)66(4,5)6/h9,11,13-44H,7-8,10,12H2,1-6H3. The maximum atomic E-state index is 2.48. The molecule has 0 atom stereocenters. The van der Waals surface area contributed by atoms with Crippen LogP contribution < -0.4 is 9.80 Å². The molecule has 68 heavy (non-hydrogen) atoms. The third kappa shape index (κ3) is 7.92. The predicted octanol–water partition coefficient (Wildman–Crippen LogP) is 19.0. The SMILES string of the molecule is CC(C)(C)c1ccc(N(C2=CCCC=C2)c2ccc3c(-c4cccc5ccccc45)c4cc(N(C5=CCCC=C5)c5ccc(C(C)(C)C)cc5)ccc4c(-c4cccc5ccccc45)c3c2)cc1. The molecule has 2 heteroatoms. The first kappa shape index (κ1) is 43.2. The highest BCUT2D eigenvalue weighted by atomic mass is 15.2. The molecule has 0 fully saturated rings. The van der Waals surface area contributed by atoms with Crippen molar-refractivity contribution in [3.63, 3.8) is 0 Å². The second-order valence-electron chi connectivity index (χ2n) is 20.7. The van der Waals surface area contributed by atoms with Crippen molar-refractivity contribution in [1.29, 1.82) is 0 Å². The Labute approximate surface area is 402 Å². The van der Waals surface area contributed by atoms with Gasteiger partial charge in [0.1, 0.15) is 0 Å². The molecule has 0 aliphatic heterocycles. The van der Waals surface area contributed by atoms with E-state index in [0.29, 0.717) is 0 Å². The van der Waals surface area contributed by atoms with Gasteiger partial charge in [-0.05, 0) is 174 Å². The van der Waals surface area contributed by atoms with E-state index >= 15 is 0 Å². The first-order valence-electron chi connectivity index (χ1n) is 24.6. The summed E-state index contributed by atoms with van der Waals surface area (Å²) in [5.74, 6) is 0. The lowest BCUT2D eigenvalue weighted by molar-refractivity contribution is 0.590. The Morgan fingerprint density at radius 2 is 0.721 bits per heavy atom. The molecule has 0 heterocycles. The molecule has 0 aromatic heterocycles. The van der Waals surface area contributed by atoms with E-state index < -0.39 is 0 Å². The molecule has 11 rings (SSSR count). The zero-order valence-corrected chi connectivity index (χ0v) is 40.4. The average molecular weight is 881 g/mol. The van der Waals surface area contributed by atoms with E-state index in [2.05, 4.69) is 258 Å². The van der Waals surface area contributed by atoms with Crippen LogP contribution in [0.4, 0.5) is 22.7 Å². The Morgan fingerprint density at radius 3 is 1.10 bits per heavy atom. The number of hydrogen-bond acceptors (Lipinski definition) is 2. The normalized spacial score (nSPS) is 14.1. The number of hydrogen-bond donors (Lipinski definition) is 0. The van der Waals surface area contributed by atoms with Crippen molar-refractivity contribution in [1.82, 2.24) is 0 Å². The molecule has 0 N–H and O–H groups in total. The fourth-order valence-electron chi connectivity index (χ4n) is 10.6. The van der Waals surface area contributed by atoms with Crippen molar-refractivity contribution in [2.24, 2.45) is 0 Å². The molecule has 9 aromatic rings. The Hall–Kier alpha value is -7.42. The van der Waals surface area contributed by atoms with Gasteiger partial charge in [-0.3, -0.25) is 0 Å². The second kappa shape index (κ2) is 17.3. The highest BCUT2D eigenvalue weighted by molar-refractivity contribution is 6.26. The number of fused-ring (bicyclic) bond motifs is 4. The highest BCUT2D eigenvalue weighted by Crippen LogP contribution is 2.50. The van der Waals surface area contributed by atoms with Crippen LogP contribution in [0, 0.1) is 0 Å². The summed E-state index contributed by atoms with van der Waals surface area (Å²) < 4.78 is 0. The zero-order chi connectivity index (χ0) is 46.6. The van der Waals surface area contributed by atoms with Crippen molar-refractivity contribution in [2.75, 3.05) is 9.80 Å². The predicted molar refractivity (Wildman–Crippen MR) is 295 cm³/mol. The minimum absolute atomic E-state index is 0.0561. The van der Waals surface area contributed by atoms with E-state index in [-0.39, 0.29) is 10.8 Å². The summed E-state index contributed by atoms with van der Waals surface area (Å²) in [7, 11) is 0. The van der Waals surface area contributed by atoms with Gasteiger partial charge in [0.25, 0.3) is 0 Å². The van der Waals surface area contributed by atoms with Crippen molar-refractivity contribution < 1.29 is 0 Å². The second-order valence-corrected chi connectivity index (χ2v) is 20.7. The molecule has 0 radical (unpaired) electrons. The van der Waals surface area contributed by atoms with Crippen LogP contribution in [0.5, 0.6) is 0 Å². The van der Waals surface area contributed by atoms with E-state index in [1.165, 1.54) is 87.9 Å². The van der Waals surface area contributed by atoms with E-state index in [1.807, 2.05) is 0 Å². The first-order valence-corrected chi connectivity index (χ1v) is 24.6. The molecule has 2 aliphatic rings. The maximum absolute atomic E-state index is 2.48. The Morgan fingerprint density at radius 1 is 0.338 bits per heavy atom. The van der Waals surface area contributed by atoms with Gasteiger partial charge in [-0.15, -0.1) is 0 Å². The summed E-state index contributed by atoms with van der Waals surface area (Å²) in [6, 6.07) is 64.4. The maximum Gasteiger partial charge on any atom is 0.0468 e. The van der Waals surface area contributed by atoms with E-state index in [1.54, 1.807) is 0 Å². The van der Waals surface area contributed by atoms with Crippen molar-refractivity contribution in [3.05, 3.63) is 229 Å². The van der Waals surface area contributed by atoms with E-state index in [4.69, 9.17) is 0 Å². The van der Waals surface area contributed by atoms with Crippen molar-refractivity contribution in [2.45, 2.75) is 78.1 Å². The Kier molecular flexibility index (Phi) is 11.0. The zero-order valence-electron chi connectivity index (χ0n) is 40.4. The van der Waals surface area contributed by atoms with Crippen LogP contribution in [-0.2, 0) is 10.8 Å². The lowest BCUT2D eigenvalue weighted by Gasteiger charge is -2.30. The third-order valence-corrected chi connectivity index (χ3v) is 14.2. The fourth-order valence-corrected chi connectivity index (χ4v) is 10.6. The summed E-state index contributed by atoms with van der Waals surface area (Å²) in [6.07, 6.45) is 18.2. The first-order chi connectivity index (χ1) is 33.0. The van der Waals surface area contributed by atoms with Crippen LogP contribution in [0.15, 0.2) is 218 Å². The summed E-state index contributed by atoms with van der Waals surface area (Å²) in [5.41, 5.74) is 14.7. The van der Waals surface area contributed by atoms with Crippen molar-refractivity contribution in [3.8, 4) is 22.3 Å². The molecule has 0 saturated carbocycles. The minimum Gasteiger partial charge on any atom is -0.311 e. The quantitative estimate of drug-likeness (QED) is 0.140. The molecule has 0 bridgehead atoms. The van der Waals surface area contributed by atoms with E-state index in [0.717, 1.165) is 48.4 Å². The average Bonchev–Trinajstić information content (AvgIpc) is 3.36. The summed E-state index contributed by atoms with van der Waals surface area (Å²) in [4.78, 5) is 4.93. The number of benzene rings is 9. The molecule has 334 valence electrons. The molecule has 0 amide bonds. The van der Waals surface area contributed by atoms with Crippen LogP contribution in [0.1, 0.15) is 78.4 Å². The lowest BCUT2D eigenvalue weighted by atomic mass is 9.83. The minimum atomic E-state index is 0.0561. The Balaban J connectivity index is 1.25. The molecular formula is C66H60N2. The smallest absolute Gasteiger partial charge is 0.0468 e. The van der Waals surface area contributed by atoms with Crippen LogP contribution in [0.2, 0.25) is 0 Å². The molecule has 2 aliphatic carbocycles. The van der Waals surface area contributed by atoms with Crippen LogP contribution in [-0.4, -0.2) is 0 Å². The lowest BCUT2D eigenvalue weighted by Crippen LogP contribution is -2.17. The Bertz CT molecular complexity index is 3260. The molecular weight excluding hydrogens is 821 g/mol. The fraction of sp³-hybridized carbons (Fsp3) is 0.182. The number of nitrogens with zero attached hydrogens (tertiary/aromatic N) is 2. The van der Waals surface area contributed by atoms with Gasteiger partial charge in [0.2, 0.25) is 0 Å². The van der Waals surface area contributed by atoms with Gasteiger partial charge in [-0.25, -0.2) is 0 Å². The van der Waals surface area contributed by atoms with Crippen LogP contribution >= 0.6 is 0 Å². The highest BCUT2D eigenvalue weighted by Gasteiger charge is 2.25. The van der Waals surface area contributed by atoms with Gasteiger partial charge >= 0.3 is 0 Å². The van der Waals surface area contributed by atoms with Gasteiger partial charge in [0.05, 0.1) is 0 Å². The van der Waals surface area contributed by atoms with Gasteiger partial charge < -0.3 is 9.80 Å². The van der Waals surface area contributed by atoms with Gasteiger partial charge in [0.15, 0.2) is 0 Å². The molecule has 2 nitrogen and oxygen atoms in total. The van der Waals surface area contributed by atoms with E-state index in [9.17, 15) is 0 Å². The van der Waals surface area contributed by atoms with Gasteiger partial charge in [-0.1, -0.05) is 187 Å². The summed E-state index contributed by atoms with van der Waals surface area (Å²) in [5, 5.41) is 9.87. The molecule has 9 aromatic carbocycles. The number of allylic oxidation sites excluding steroid dienone is 6. The van der Waals surface area contributed by atoms with Gasteiger partial charge in [-0.2, -0.15) is 0 Å². The number of rotatable bonds is 8. The monoisotopic (exact) mass is 880 g/mol. The topological polar surface area (TPSA) is 6.48 Å².